The zero-order valence-corrected chi connectivity index (χ0v) is 13.5. The van der Waals surface area contributed by atoms with Crippen LogP contribution in [0.15, 0.2) is 24.3 Å². The van der Waals surface area contributed by atoms with Crippen LogP contribution in [-0.2, 0) is 19.3 Å². The lowest BCUT2D eigenvalue weighted by molar-refractivity contribution is -0.768. The van der Waals surface area contributed by atoms with Crippen molar-refractivity contribution < 1.29 is 44.4 Å². The maximum absolute atomic E-state index is 12.0. The van der Waals surface area contributed by atoms with Crippen LogP contribution in [0.3, 0.4) is 0 Å². The third-order valence-electron chi connectivity index (χ3n) is 2.91. The lowest BCUT2D eigenvalue weighted by Gasteiger charge is -2.14. The predicted molar refractivity (Wildman–Crippen MR) is 84.4 cm³/mol. The van der Waals surface area contributed by atoms with Gasteiger partial charge in [0, 0.05) is 17.6 Å². The van der Waals surface area contributed by atoms with Crippen molar-refractivity contribution in [2.45, 2.75) is 6.42 Å². The first-order valence-corrected chi connectivity index (χ1v) is 7.16. The van der Waals surface area contributed by atoms with Gasteiger partial charge >= 0.3 is 11.9 Å². The number of carboxylic acids is 1. The maximum atomic E-state index is 12.0. The van der Waals surface area contributed by atoms with E-state index < -0.39 is 47.7 Å². The minimum absolute atomic E-state index is 0.0744. The molecule has 0 unspecified atom stereocenters. The number of esters is 1. The number of carboxylic acid groups (broad SMARTS) is 1. The molecule has 0 atom stereocenters. The van der Waals surface area contributed by atoms with Gasteiger partial charge in [-0.2, -0.15) is 0 Å². The van der Waals surface area contributed by atoms with E-state index in [1.54, 1.807) is 0 Å². The second-order valence-electron chi connectivity index (χ2n) is 4.98. The fraction of sp³-hybridized carbons (Fsp3) is 0.286. The Balaban J connectivity index is 2.83. The summed E-state index contributed by atoms with van der Waals surface area (Å²) in [6.45, 7) is -1.28. The van der Waals surface area contributed by atoms with Gasteiger partial charge in [-0.3, -0.25) is 4.79 Å². The molecule has 0 spiro atoms. The summed E-state index contributed by atoms with van der Waals surface area (Å²) in [5.74, 6) is -3.57. The summed E-state index contributed by atoms with van der Waals surface area (Å²) in [6, 6.07) is 3.53. The van der Waals surface area contributed by atoms with Gasteiger partial charge in [0.2, 0.25) is 0 Å². The van der Waals surface area contributed by atoms with Crippen molar-refractivity contribution in [1.82, 2.24) is 0 Å². The molecule has 0 saturated heterocycles. The van der Waals surface area contributed by atoms with Gasteiger partial charge in [0.1, 0.15) is 24.7 Å². The lowest BCUT2D eigenvalue weighted by Crippen LogP contribution is -2.25. The van der Waals surface area contributed by atoms with E-state index in [1.165, 1.54) is 12.1 Å². The number of hydrogen-bond acceptors (Lipinski definition) is 10. The van der Waals surface area contributed by atoms with Crippen molar-refractivity contribution in [3.8, 4) is 11.5 Å². The van der Waals surface area contributed by atoms with E-state index in [-0.39, 0.29) is 17.1 Å². The molecule has 1 aromatic rings. The van der Waals surface area contributed by atoms with Crippen molar-refractivity contribution in [3.63, 3.8) is 0 Å². The molecule has 0 aliphatic rings. The highest BCUT2D eigenvalue weighted by Crippen LogP contribution is 2.25. The molecule has 2 N–H and O–H groups in total. The number of benzene rings is 1. The Labute approximate surface area is 150 Å². The first-order chi connectivity index (χ1) is 12.7. The Kier molecular flexibility index (Phi) is 7.97. The Bertz CT molecular complexity index is 729. The number of aliphatic carboxylic acids is 1. The van der Waals surface area contributed by atoms with Crippen LogP contribution in [0, 0.1) is 26.1 Å². The van der Waals surface area contributed by atoms with Crippen LogP contribution in [0.4, 0.5) is 0 Å². The van der Waals surface area contributed by atoms with Gasteiger partial charge in [-0.15, -0.1) is 20.2 Å². The number of phenolic OH excluding ortho intramolecular Hbond substituents is 1. The molecule has 13 nitrogen and oxygen atoms in total. The van der Waals surface area contributed by atoms with E-state index in [0.717, 1.165) is 18.2 Å². The number of carbonyl (C=O) groups excluding carboxylic acids is 1. The first-order valence-electron chi connectivity index (χ1n) is 7.16. The van der Waals surface area contributed by atoms with Crippen molar-refractivity contribution >= 4 is 18.0 Å². The molecule has 1 rings (SSSR count). The Hall–Kier alpha value is -3.90. The van der Waals surface area contributed by atoms with Crippen molar-refractivity contribution in [1.29, 1.82) is 0 Å². The van der Waals surface area contributed by atoms with Crippen LogP contribution in [0.1, 0.15) is 12.0 Å². The summed E-state index contributed by atoms with van der Waals surface area (Å²) in [5.41, 5.74) is 0.0744. The van der Waals surface area contributed by atoms with Crippen LogP contribution in [0.25, 0.3) is 6.08 Å². The fourth-order valence-electron chi connectivity index (χ4n) is 1.82. The van der Waals surface area contributed by atoms with E-state index >= 15 is 0 Å². The fourth-order valence-corrected chi connectivity index (χ4v) is 1.82. The largest absolute Gasteiger partial charge is 0.508 e. The second kappa shape index (κ2) is 10.2. The molecule has 0 bridgehead atoms. The minimum Gasteiger partial charge on any atom is -0.508 e. The molecule has 0 fully saturated rings. The van der Waals surface area contributed by atoms with Crippen LogP contribution in [0.5, 0.6) is 11.5 Å². The SMILES string of the molecule is O=C(O)C=Cc1cc(O)ccc1OC(=O)CC(CO[N+](=O)[O-])CO[N+](=O)[O-]. The quantitative estimate of drug-likeness (QED) is 0.180. The predicted octanol–water partition coefficient (Wildman–Crippen LogP) is 0.818. The highest BCUT2D eigenvalue weighted by Gasteiger charge is 2.20. The molecule has 0 aromatic heterocycles. The summed E-state index contributed by atoms with van der Waals surface area (Å²) in [7, 11) is 0. The molecule has 0 heterocycles. The third kappa shape index (κ3) is 8.67. The van der Waals surface area contributed by atoms with Gasteiger partial charge in [0.25, 0.3) is 10.2 Å². The van der Waals surface area contributed by atoms with Gasteiger partial charge in [0.15, 0.2) is 0 Å². The van der Waals surface area contributed by atoms with E-state index in [9.17, 15) is 34.9 Å². The van der Waals surface area contributed by atoms with E-state index in [2.05, 4.69) is 9.68 Å². The zero-order valence-electron chi connectivity index (χ0n) is 13.5. The van der Waals surface area contributed by atoms with Crippen molar-refractivity contribution in [2.24, 2.45) is 5.92 Å². The Morgan fingerprint density at radius 3 is 2.26 bits per heavy atom. The third-order valence-corrected chi connectivity index (χ3v) is 2.91. The molecule has 0 saturated carbocycles. The van der Waals surface area contributed by atoms with Crippen molar-refractivity contribution in [3.05, 3.63) is 50.1 Å². The molecule has 146 valence electrons. The first kappa shape index (κ1) is 21.1. The molecule has 0 amide bonds. The molecule has 27 heavy (non-hydrogen) atoms. The normalized spacial score (nSPS) is 10.6. The van der Waals surface area contributed by atoms with E-state index in [0.29, 0.717) is 0 Å². The number of rotatable bonds is 11. The second-order valence-corrected chi connectivity index (χ2v) is 4.98. The Morgan fingerprint density at radius 1 is 1.15 bits per heavy atom. The smallest absolute Gasteiger partial charge is 0.328 e. The highest BCUT2D eigenvalue weighted by atomic mass is 17.0. The molecule has 0 aliphatic carbocycles. The van der Waals surface area contributed by atoms with Crippen LogP contribution >= 0.6 is 0 Å². The van der Waals surface area contributed by atoms with Crippen LogP contribution in [-0.4, -0.2) is 45.5 Å². The standard InChI is InChI=1S/C14H14N2O11/c17-11-2-3-12(10(6-11)1-4-13(18)19)27-14(20)5-9(7-25-15(21)22)8-26-16(23)24/h1-4,6,9,17H,5,7-8H2,(H,18,19). The monoisotopic (exact) mass is 386 g/mol. The maximum Gasteiger partial charge on any atom is 0.328 e. The Morgan fingerprint density at radius 2 is 1.74 bits per heavy atom. The van der Waals surface area contributed by atoms with Gasteiger partial charge in [-0.1, -0.05) is 0 Å². The van der Waals surface area contributed by atoms with Gasteiger partial charge < -0.3 is 24.6 Å². The molecular weight excluding hydrogens is 372 g/mol. The zero-order chi connectivity index (χ0) is 20.4. The minimum atomic E-state index is -1.27. The van der Waals surface area contributed by atoms with Gasteiger partial charge in [-0.25, -0.2) is 4.79 Å². The lowest BCUT2D eigenvalue weighted by atomic mass is 10.1. The number of nitrogens with zero attached hydrogens (tertiary/aromatic N) is 2. The molecule has 1 aromatic carbocycles. The molecule has 0 aliphatic heterocycles. The van der Waals surface area contributed by atoms with Gasteiger partial charge in [-0.05, 0) is 24.3 Å². The van der Waals surface area contributed by atoms with Gasteiger partial charge in [0.05, 0.1) is 6.42 Å². The number of ether oxygens (including phenoxy) is 1. The molecular formula is C14H14N2O11. The van der Waals surface area contributed by atoms with E-state index in [4.69, 9.17) is 9.84 Å². The van der Waals surface area contributed by atoms with Crippen LogP contribution in [0.2, 0.25) is 0 Å². The van der Waals surface area contributed by atoms with Crippen LogP contribution < -0.4 is 4.74 Å². The number of carbonyl (C=O) groups is 2. The highest BCUT2D eigenvalue weighted by molar-refractivity contribution is 5.86. The number of hydrogen-bond donors (Lipinski definition) is 2. The van der Waals surface area contributed by atoms with Crippen molar-refractivity contribution in [2.75, 3.05) is 13.2 Å². The summed E-state index contributed by atoms with van der Waals surface area (Å²) in [4.78, 5) is 51.3. The summed E-state index contributed by atoms with van der Waals surface area (Å²) >= 11 is 0. The van der Waals surface area contributed by atoms with E-state index in [1.807, 2.05) is 0 Å². The molecule has 0 radical (unpaired) electrons. The average molecular weight is 386 g/mol. The average Bonchev–Trinajstić information content (AvgIpc) is 2.57. The molecule has 13 heteroatoms. The topological polar surface area (TPSA) is 189 Å². The number of aromatic hydroxyl groups is 1. The summed E-state index contributed by atoms with van der Waals surface area (Å²) < 4.78 is 5.03. The number of phenols is 1. The summed E-state index contributed by atoms with van der Waals surface area (Å²) in [6.07, 6.45) is 1.31. The summed E-state index contributed by atoms with van der Waals surface area (Å²) in [5, 5.41) is 36.3.